The number of nitrogens with zero attached hydrogens (tertiary/aromatic N) is 4. The van der Waals surface area contributed by atoms with Crippen LogP contribution in [0, 0.1) is 0 Å². The first-order valence-electron chi connectivity index (χ1n) is 13.2. The Balaban J connectivity index is 1.24. The number of rotatable bonds is 8. The van der Waals surface area contributed by atoms with Gasteiger partial charge in [-0.25, -0.2) is 4.98 Å². The van der Waals surface area contributed by atoms with Crippen molar-refractivity contribution in [2.24, 2.45) is 0 Å². The van der Waals surface area contributed by atoms with Gasteiger partial charge in [-0.2, -0.15) is 4.98 Å². The molecule has 0 unspecified atom stereocenters. The predicted molar refractivity (Wildman–Crippen MR) is 167 cm³/mol. The van der Waals surface area contributed by atoms with Crippen molar-refractivity contribution in [1.82, 2.24) is 19.1 Å². The van der Waals surface area contributed by atoms with Gasteiger partial charge in [0.2, 0.25) is 5.95 Å². The Morgan fingerprint density at radius 2 is 1.02 bits per heavy atom. The molecule has 6 aromatic rings. The van der Waals surface area contributed by atoms with Crippen molar-refractivity contribution in [3.05, 3.63) is 136 Å². The second-order valence-corrected chi connectivity index (χ2v) is 10.5. The molecule has 0 saturated carbocycles. The monoisotopic (exact) mass is 579 g/mol. The number of imidazole rings is 1. The van der Waals surface area contributed by atoms with E-state index in [1.165, 1.54) is 0 Å². The van der Waals surface area contributed by atoms with E-state index >= 15 is 0 Å². The second kappa shape index (κ2) is 11.6. The van der Waals surface area contributed by atoms with Crippen LogP contribution in [0.3, 0.4) is 0 Å². The van der Waals surface area contributed by atoms with Gasteiger partial charge in [-0.3, -0.25) is 9.36 Å². The SMILES string of the molecule is Nc1nc(=O)c2c(ncn2Cc2ccc(-c3ccc(CCl)cc3)cc2)n1Cc1ccc(-c2ccc(CCl)cc2)cc1. The van der Waals surface area contributed by atoms with E-state index in [9.17, 15) is 4.79 Å². The summed E-state index contributed by atoms with van der Waals surface area (Å²) in [6.45, 7) is 0.926. The minimum atomic E-state index is -0.391. The molecule has 204 valence electrons. The number of nitrogen functional groups attached to an aromatic ring is 1. The predicted octanol–water partition coefficient (Wildman–Crippen LogP) is 7.08. The van der Waals surface area contributed by atoms with Crippen LogP contribution in [0.5, 0.6) is 0 Å². The summed E-state index contributed by atoms with van der Waals surface area (Å²) in [7, 11) is 0. The lowest BCUT2D eigenvalue weighted by atomic mass is 10.0. The van der Waals surface area contributed by atoms with Crippen LogP contribution in [-0.2, 0) is 24.8 Å². The maximum Gasteiger partial charge on any atom is 0.300 e. The molecule has 0 fully saturated rings. The Morgan fingerprint density at radius 3 is 1.46 bits per heavy atom. The van der Waals surface area contributed by atoms with Crippen molar-refractivity contribution in [3.8, 4) is 22.3 Å². The lowest BCUT2D eigenvalue weighted by molar-refractivity contribution is 0.797. The first-order valence-corrected chi connectivity index (χ1v) is 14.3. The number of aromatic nitrogens is 4. The first kappa shape index (κ1) is 26.8. The number of alkyl halides is 2. The van der Waals surface area contributed by atoms with E-state index in [1.54, 1.807) is 10.9 Å². The van der Waals surface area contributed by atoms with Gasteiger partial charge in [-0.1, -0.05) is 97.1 Å². The molecule has 0 aliphatic heterocycles. The zero-order valence-corrected chi connectivity index (χ0v) is 23.7. The number of fused-ring (bicyclic) bond motifs is 1. The zero-order chi connectivity index (χ0) is 28.3. The topological polar surface area (TPSA) is 78.7 Å². The zero-order valence-electron chi connectivity index (χ0n) is 22.2. The third-order valence-corrected chi connectivity index (χ3v) is 7.87. The largest absolute Gasteiger partial charge is 0.369 e. The molecule has 2 N–H and O–H groups in total. The average Bonchev–Trinajstić information content (AvgIpc) is 3.44. The van der Waals surface area contributed by atoms with E-state index in [-0.39, 0.29) is 5.95 Å². The molecule has 0 amide bonds. The average molecular weight is 581 g/mol. The fraction of sp³-hybridized carbons (Fsp3) is 0.121. The van der Waals surface area contributed by atoms with Gasteiger partial charge >= 0.3 is 5.56 Å². The highest BCUT2D eigenvalue weighted by molar-refractivity contribution is 6.17. The molecule has 0 spiro atoms. The third kappa shape index (κ3) is 5.62. The Bertz CT molecular complexity index is 1860. The molecule has 0 bridgehead atoms. The molecular weight excluding hydrogens is 553 g/mol. The molecule has 4 aromatic carbocycles. The second-order valence-electron chi connectivity index (χ2n) is 9.96. The minimum absolute atomic E-state index is 0.137. The van der Waals surface area contributed by atoms with E-state index in [2.05, 4.69) is 82.8 Å². The highest BCUT2D eigenvalue weighted by Crippen LogP contribution is 2.24. The van der Waals surface area contributed by atoms with Crippen LogP contribution >= 0.6 is 23.2 Å². The molecule has 0 radical (unpaired) electrons. The van der Waals surface area contributed by atoms with Crippen LogP contribution in [0.15, 0.2) is 108 Å². The standard InChI is InChI=1S/C33H27Cl2N5O/c34-17-22-1-9-26(10-2-22)28-13-5-24(6-14-28)19-39-21-37-31-30(39)32(41)38-33(36)40(31)20-25-7-15-29(16-8-25)27-11-3-23(18-35)4-12-27/h1-16,21H,17-20H2,(H2,36,38,41). The summed E-state index contributed by atoms with van der Waals surface area (Å²) in [6, 6.07) is 32.9. The van der Waals surface area contributed by atoms with Crippen LogP contribution in [0.2, 0.25) is 0 Å². The van der Waals surface area contributed by atoms with Gasteiger partial charge in [-0.15, -0.1) is 23.2 Å². The summed E-state index contributed by atoms with van der Waals surface area (Å²) < 4.78 is 3.61. The van der Waals surface area contributed by atoms with Gasteiger partial charge in [0.1, 0.15) is 0 Å². The van der Waals surface area contributed by atoms with Gasteiger partial charge in [0.05, 0.1) is 12.9 Å². The molecule has 41 heavy (non-hydrogen) atoms. The third-order valence-electron chi connectivity index (χ3n) is 7.25. The van der Waals surface area contributed by atoms with E-state index < -0.39 is 5.56 Å². The fourth-order valence-electron chi connectivity index (χ4n) is 4.95. The number of benzene rings is 4. The van der Waals surface area contributed by atoms with Gasteiger partial charge in [0.25, 0.3) is 0 Å². The maximum atomic E-state index is 12.9. The summed E-state index contributed by atoms with van der Waals surface area (Å²) in [5.74, 6) is 1.13. The maximum absolute atomic E-state index is 12.9. The Kier molecular flexibility index (Phi) is 7.59. The highest BCUT2D eigenvalue weighted by Gasteiger charge is 2.15. The van der Waals surface area contributed by atoms with Crippen molar-refractivity contribution >= 4 is 40.3 Å². The summed E-state index contributed by atoms with van der Waals surface area (Å²) >= 11 is 11.8. The molecule has 8 heteroatoms. The van der Waals surface area contributed by atoms with Crippen molar-refractivity contribution in [2.75, 3.05) is 5.73 Å². The van der Waals surface area contributed by atoms with Crippen LogP contribution in [0.4, 0.5) is 5.95 Å². The molecule has 2 heterocycles. The van der Waals surface area contributed by atoms with Crippen LogP contribution in [0.1, 0.15) is 22.3 Å². The van der Waals surface area contributed by atoms with Crippen molar-refractivity contribution in [1.29, 1.82) is 0 Å². The number of nitrogens with two attached hydrogens (primary N) is 1. The van der Waals surface area contributed by atoms with Crippen molar-refractivity contribution in [2.45, 2.75) is 24.8 Å². The first-order chi connectivity index (χ1) is 20.0. The van der Waals surface area contributed by atoms with Gasteiger partial charge < -0.3 is 10.3 Å². The van der Waals surface area contributed by atoms with Gasteiger partial charge in [-0.05, 0) is 44.5 Å². The van der Waals surface area contributed by atoms with E-state index in [0.29, 0.717) is 36.0 Å². The fourth-order valence-corrected chi connectivity index (χ4v) is 5.30. The summed E-state index contributed by atoms with van der Waals surface area (Å²) in [5, 5.41) is 0. The highest BCUT2D eigenvalue weighted by atomic mass is 35.5. The summed E-state index contributed by atoms with van der Waals surface area (Å²) in [6.07, 6.45) is 1.68. The number of hydrogen-bond acceptors (Lipinski definition) is 4. The summed E-state index contributed by atoms with van der Waals surface area (Å²) in [5.41, 5.74) is 15.5. The van der Waals surface area contributed by atoms with Crippen LogP contribution < -0.4 is 11.3 Å². The van der Waals surface area contributed by atoms with E-state index in [1.807, 2.05) is 28.8 Å². The molecule has 6 rings (SSSR count). The van der Waals surface area contributed by atoms with Crippen molar-refractivity contribution < 1.29 is 0 Å². The van der Waals surface area contributed by atoms with E-state index in [4.69, 9.17) is 28.9 Å². The molecule has 0 aliphatic carbocycles. The smallest absolute Gasteiger partial charge is 0.300 e. The molecule has 6 nitrogen and oxygen atoms in total. The molecule has 0 aliphatic rings. The summed E-state index contributed by atoms with van der Waals surface area (Å²) in [4.78, 5) is 21.6. The Hall–Kier alpha value is -4.39. The number of hydrogen-bond donors (Lipinski definition) is 1. The van der Waals surface area contributed by atoms with Crippen LogP contribution in [0.25, 0.3) is 33.4 Å². The quantitative estimate of drug-likeness (QED) is 0.195. The number of anilines is 1. The molecule has 2 aromatic heterocycles. The Morgan fingerprint density at radius 1 is 0.610 bits per heavy atom. The normalized spacial score (nSPS) is 11.3. The van der Waals surface area contributed by atoms with Gasteiger partial charge in [0, 0.05) is 18.3 Å². The van der Waals surface area contributed by atoms with Gasteiger partial charge in [0.15, 0.2) is 11.2 Å². The number of halogens is 2. The van der Waals surface area contributed by atoms with Crippen LogP contribution in [-0.4, -0.2) is 19.1 Å². The van der Waals surface area contributed by atoms with Crippen molar-refractivity contribution in [3.63, 3.8) is 0 Å². The lowest BCUT2D eigenvalue weighted by Crippen LogP contribution is -2.20. The molecule has 0 saturated heterocycles. The van der Waals surface area contributed by atoms with E-state index in [0.717, 1.165) is 44.5 Å². The Labute approximate surface area is 247 Å². The minimum Gasteiger partial charge on any atom is -0.369 e. The molecular formula is C33H27Cl2N5O. The lowest BCUT2D eigenvalue weighted by Gasteiger charge is -2.12. The molecule has 0 atom stereocenters.